The average molecular weight is 452 g/mol. The van der Waals surface area contributed by atoms with E-state index in [1.807, 2.05) is 20.8 Å². The fourth-order valence-corrected chi connectivity index (χ4v) is 2.77. The minimum absolute atomic E-state index is 0.0393. The molecule has 1 aliphatic carbocycles. The van der Waals surface area contributed by atoms with E-state index in [1.54, 1.807) is 6.92 Å². The lowest BCUT2D eigenvalue weighted by Gasteiger charge is -2.40. The van der Waals surface area contributed by atoms with Gasteiger partial charge in [-0.1, -0.05) is 27.3 Å². The fourth-order valence-electron chi connectivity index (χ4n) is 2.77. The van der Waals surface area contributed by atoms with E-state index in [-0.39, 0.29) is 30.2 Å². The summed E-state index contributed by atoms with van der Waals surface area (Å²) in [5, 5.41) is 20.8. The second-order valence-electron chi connectivity index (χ2n) is 8.99. The van der Waals surface area contributed by atoms with Crippen LogP contribution >= 0.6 is 0 Å². The summed E-state index contributed by atoms with van der Waals surface area (Å²) in [5.41, 5.74) is 0.246. The molecule has 1 aliphatic heterocycles. The lowest BCUT2D eigenvalue weighted by Crippen LogP contribution is -2.56. The molecule has 0 radical (unpaired) electrons. The standard InChI is InChI=1S/C13H14F2N2O3.C8H14N3O/c14-13(15)6-17(7-13)10-4-3-9(12(18)19)16-11(10)20-5-8-1-2-8;1-6-10-11-7(12-6)5-9-8(2,3)4/h3-4,8H,1-2,5-7H2,(H,18,19);5H2,1-4H3/q;-1. The molecule has 2 aromatic heterocycles. The Labute approximate surface area is 185 Å². The predicted octanol–water partition coefficient (Wildman–Crippen LogP) is 4.07. The van der Waals surface area contributed by atoms with Crippen LogP contribution in [0.4, 0.5) is 14.5 Å². The van der Waals surface area contributed by atoms with Crippen molar-refractivity contribution in [2.75, 3.05) is 24.6 Å². The van der Waals surface area contributed by atoms with Crippen molar-refractivity contribution in [3.63, 3.8) is 0 Å². The molecule has 0 spiro atoms. The summed E-state index contributed by atoms with van der Waals surface area (Å²) >= 11 is 0. The molecule has 2 aliphatic rings. The van der Waals surface area contributed by atoms with Crippen molar-refractivity contribution in [3.05, 3.63) is 34.9 Å². The van der Waals surface area contributed by atoms with Gasteiger partial charge in [0.05, 0.1) is 19.7 Å². The quantitative estimate of drug-likeness (QED) is 0.668. The molecule has 1 saturated heterocycles. The highest BCUT2D eigenvalue weighted by atomic mass is 19.3. The van der Waals surface area contributed by atoms with Gasteiger partial charge in [-0.3, -0.25) is 0 Å². The third-order valence-corrected chi connectivity index (χ3v) is 4.65. The first-order valence-corrected chi connectivity index (χ1v) is 10.4. The lowest BCUT2D eigenvalue weighted by molar-refractivity contribution is -0.0265. The van der Waals surface area contributed by atoms with Crippen LogP contribution in [0.25, 0.3) is 5.32 Å². The number of alkyl halides is 2. The maximum Gasteiger partial charge on any atom is 0.354 e. The average Bonchev–Trinajstić information content (AvgIpc) is 3.42. The number of pyridine rings is 1. The van der Waals surface area contributed by atoms with Gasteiger partial charge in [0, 0.05) is 6.92 Å². The first kappa shape index (κ1) is 23.8. The fraction of sp³-hybridized carbons (Fsp3) is 0.619. The van der Waals surface area contributed by atoms with Crippen molar-refractivity contribution >= 4 is 11.7 Å². The Hall–Kier alpha value is -2.82. The van der Waals surface area contributed by atoms with Crippen molar-refractivity contribution in [2.24, 2.45) is 5.92 Å². The van der Waals surface area contributed by atoms with E-state index in [2.05, 4.69) is 20.5 Å². The number of aromatic carboxylic acids is 1. The molecular weight excluding hydrogens is 424 g/mol. The molecule has 9 nitrogen and oxygen atoms in total. The van der Waals surface area contributed by atoms with Gasteiger partial charge in [-0.15, -0.1) is 15.7 Å². The Morgan fingerprint density at radius 1 is 1.31 bits per heavy atom. The van der Waals surface area contributed by atoms with Crippen LogP contribution < -0.4 is 9.64 Å². The first-order chi connectivity index (χ1) is 14.9. The molecule has 0 bridgehead atoms. The zero-order chi connectivity index (χ0) is 23.5. The highest BCUT2D eigenvalue weighted by molar-refractivity contribution is 5.86. The minimum Gasteiger partial charge on any atom is -0.650 e. The van der Waals surface area contributed by atoms with Gasteiger partial charge >= 0.3 is 5.97 Å². The number of hydrogen-bond donors (Lipinski definition) is 1. The van der Waals surface area contributed by atoms with Gasteiger partial charge in [0.2, 0.25) is 11.8 Å². The number of aryl methyl sites for hydroxylation is 1. The molecule has 11 heteroatoms. The summed E-state index contributed by atoms with van der Waals surface area (Å²) in [6, 6.07) is 2.78. The second-order valence-corrected chi connectivity index (χ2v) is 8.99. The van der Waals surface area contributed by atoms with Gasteiger partial charge in [-0.25, -0.2) is 18.6 Å². The van der Waals surface area contributed by atoms with E-state index in [9.17, 15) is 13.6 Å². The molecule has 0 atom stereocenters. The summed E-state index contributed by atoms with van der Waals surface area (Å²) in [7, 11) is 0. The SMILES string of the molecule is Cc1nnc(C[N-]C(C)(C)C)o1.O=C(O)c1ccc(N2CC(F)(F)C2)c(OCC2CC2)n1. The molecule has 0 aromatic carbocycles. The summed E-state index contributed by atoms with van der Waals surface area (Å²) in [4.78, 5) is 16.3. The van der Waals surface area contributed by atoms with Gasteiger partial charge in [0.25, 0.3) is 5.92 Å². The Bertz CT molecular complexity index is 933. The second kappa shape index (κ2) is 9.35. The van der Waals surface area contributed by atoms with Gasteiger partial charge in [0.1, 0.15) is 5.69 Å². The maximum atomic E-state index is 12.9. The highest BCUT2D eigenvalue weighted by Gasteiger charge is 2.45. The van der Waals surface area contributed by atoms with Crippen LogP contribution in [-0.2, 0) is 6.54 Å². The topological polar surface area (TPSA) is 116 Å². The number of carbonyl (C=O) groups is 1. The highest BCUT2D eigenvalue weighted by Crippen LogP contribution is 2.37. The van der Waals surface area contributed by atoms with Gasteiger partial charge in [0.15, 0.2) is 11.6 Å². The van der Waals surface area contributed by atoms with E-state index >= 15 is 0 Å². The van der Waals surface area contributed by atoms with Crippen LogP contribution in [0.1, 0.15) is 55.9 Å². The first-order valence-electron chi connectivity index (χ1n) is 10.4. The van der Waals surface area contributed by atoms with Gasteiger partial charge < -0.3 is 24.5 Å². The summed E-state index contributed by atoms with van der Waals surface area (Å²) in [5.74, 6) is -2.08. The smallest absolute Gasteiger partial charge is 0.354 e. The van der Waals surface area contributed by atoms with Crippen molar-refractivity contribution in [1.82, 2.24) is 15.2 Å². The van der Waals surface area contributed by atoms with E-state index in [1.165, 1.54) is 17.0 Å². The molecule has 1 saturated carbocycles. The molecule has 1 N–H and O–H groups in total. The van der Waals surface area contributed by atoms with Crippen LogP contribution in [0.15, 0.2) is 16.5 Å². The molecule has 3 heterocycles. The van der Waals surface area contributed by atoms with Gasteiger partial charge in [-0.05, 0) is 30.9 Å². The van der Waals surface area contributed by atoms with Crippen molar-refractivity contribution in [2.45, 2.75) is 58.5 Å². The summed E-state index contributed by atoms with van der Waals surface area (Å²) < 4.78 is 36.6. The van der Waals surface area contributed by atoms with E-state index < -0.39 is 11.9 Å². The van der Waals surface area contributed by atoms with Crippen LogP contribution in [0.5, 0.6) is 5.88 Å². The number of hydrogen-bond acceptors (Lipinski definition) is 7. The number of nitrogens with zero attached hydrogens (tertiary/aromatic N) is 5. The van der Waals surface area contributed by atoms with Crippen molar-refractivity contribution < 1.29 is 27.8 Å². The predicted molar refractivity (Wildman–Crippen MR) is 112 cm³/mol. The Kier molecular flexibility index (Phi) is 6.97. The van der Waals surface area contributed by atoms with Crippen LogP contribution in [-0.4, -0.2) is 57.4 Å². The molecule has 0 unspecified atom stereocenters. The number of carboxylic acids is 1. The Balaban J connectivity index is 0.000000207. The lowest BCUT2D eigenvalue weighted by atomic mass is 10.1. The third kappa shape index (κ3) is 7.11. The Morgan fingerprint density at radius 2 is 2.00 bits per heavy atom. The normalized spacial score (nSPS) is 17.2. The van der Waals surface area contributed by atoms with Crippen molar-refractivity contribution in [3.8, 4) is 5.88 Å². The monoisotopic (exact) mass is 452 g/mol. The molecule has 2 aromatic rings. The van der Waals surface area contributed by atoms with E-state index in [4.69, 9.17) is 14.3 Å². The van der Waals surface area contributed by atoms with Crippen LogP contribution in [0, 0.1) is 12.8 Å². The number of anilines is 1. The zero-order valence-electron chi connectivity index (χ0n) is 18.6. The van der Waals surface area contributed by atoms with Crippen LogP contribution in [0.2, 0.25) is 0 Å². The third-order valence-electron chi connectivity index (χ3n) is 4.65. The number of carboxylic acid groups (broad SMARTS) is 1. The number of halogens is 2. The molecule has 32 heavy (non-hydrogen) atoms. The summed E-state index contributed by atoms with van der Waals surface area (Å²) in [6.07, 6.45) is 2.16. The van der Waals surface area contributed by atoms with E-state index in [0.29, 0.717) is 36.5 Å². The molecular formula is C21H28F2N5O4-. The van der Waals surface area contributed by atoms with Gasteiger partial charge in [-0.2, -0.15) is 0 Å². The molecule has 2 fully saturated rings. The number of rotatable bonds is 7. The number of aromatic nitrogens is 3. The largest absolute Gasteiger partial charge is 0.650 e. The van der Waals surface area contributed by atoms with Crippen LogP contribution in [0.3, 0.4) is 0 Å². The minimum atomic E-state index is -2.70. The molecule has 4 rings (SSSR count). The number of ether oxygens (including phenoxy) is 1. The Morgan fingerprint density at radius 3 is 2.50 bits per heavy atom. The molecule has 0 amide bonds. The maximum absolute atomic E-state index is 12.9. The van der Waals surface area contributed by atoms with Crippen molar-refractivity contribution in [1.29, 1.82) is 0 Å². The molecule has 176 valence electrons. The van der Waals surface area contributed by atoms with E-state index in [0.717, 1.165) is 12.8 Å². The summed E-state index contributed by atoms with van der Waals surface area (Å²) in [6.45, 7) is 8.07. The zero-order valence-corrected chi connectivity index (χ0v) is 18.6.